The molecule has 22 heavy (non-hydrogen) atoms. The molecule has 0 saturated heterocycles. The van der Waals surface area contributed by atoms with Crippen molar-refractivity contribution in [2.75, 3.05) is 25.5 Å². The van der Waals surface area contributed by atoms with Crippen molar-refractivity contribution in [1.29, 1.82) is 0 Å². The molecule has 4 nitrogen and oxygen atoms in total. The molecule has 116 valence electrons. The Morgan fingerprint density at radius 2 is 1.68 bits per heavy atom. The molecule has 0 aromatic heterocycles. The molecule has 0 aliphatic carbocycles. The van der Waals surface area contributed by atoms with Crippen LogP contribution in [0.4, 0.5) is 5.69 Å². The van der Waals surface area contributed by atoms with E-state index in [1.807, 2.05) is 12.1 Å². The molecule has 0 amide bonds. The summed E-state index contributed by atoms with van der Waals surface area (Å²) in [7, 11) is 1.68. The molecule has 2 N–H and O–H groups in total. The number of nitrogens with one attached hydrogen (secondary N) is 2. The second-order valence-electron chi connectivity index (χ2n) is 4.58. The van der Waals surface area contributed by atoms with Gasteiger partial charge in [-0.25, -0.2) is 0 Å². The van der Waals surface area contributed by atoms with E-state index in [1.165, 1.54) is 9.79 Å². The minimum absolute atomic E-state index is 0. The summed E-state index contributed by atoms with van der Waals surface area (Å²) in [4.78, 5) is 6.71. The first-order chi connectivity index (χ1) is 10.3. The molecule has 0 fully saturated rings. The van der Waals surface area contributed by atoms with Crippen LogP contribution < -0.4 is 15.4 Å². The molecular weight excluding hydrogens is 318 g/mol. The summed E-state index contributed by atoms with van der Waals surface area (Å²) in [5.74, 6) is 1.73. The maximum Gasteiger partial charge on any atom is 0.195 e. The van der Waals surface area contributed by atoms with Crippen molar-refractivity contribution < 1.29 is 4.74 Å². The summed E-state index contributed by atoms with van der Waals surface area (Å²) in [5.41, 5.74) is 1.04. The van der Waals surface area contributed by atoms with Gasteiger partial charge in [-0.1, -0.05) is 11.8 Å². The molecule has 0 bridgehead atoms. The minimum atomic E-state index is 0. The number of ether oxygens (including phenoxy) is 1. The van der Waals surface area contributed by atoms with Crippen molar-refractivity contribution in [3.8, 4) is 5.75 Å². The average molecular weight is 336 g/mol. The van der Waals surface area contributed by atoms with Crippen LogP contribution in [-0.2, 0) is 0 Å². The van der Waals surface area contributed by atoms with Gasteiger partial charge < -0.3 is 15.4 Å². The summed E-state index contributed by atoms with van der Waals surface area (Å²) < 4.78 is 5.16. The summed E-state index contributed by atoms with van der Waals surface area (Å²) in [6.07, 6.45) is 0. The number of anilines is 1. The predicted octanol–water partition coefficient (Wildman–Crippen LogP) is 3.64. The molecule has 1 aliphatic heterocycles. The lowest BCUT2D eigenvalue weighted by Crippen LogP contribution is -2.26. The van der Waals surface area contributed by atoms with E-state index in [9.17, 15) is 0 Å². The van der Waals surface area contributed by atoms with Crippen molar-refractivity contribution in [2.24, 2.45) is 4.99 Å². The van der Waals surface area contributed by atoms with Crippen LogP contribution in [0, 0.1) is 0 Å². The molecule has 1 aliphatic rings. The van der Waals surface area contributed by atoms with Gasteiger partial charge in [0.1, 0.15) is 5.75 Å². The van der Waals surface area contributed by atoms with Gasteiger partial charge >= 0.3 is 0 Å². The van der Waals surface area contributed by atoms with Crippen LogP contribution >= 0.6 is 24.2 Å². The Morgan fingerprint density at radius 3 is 2.23 bits per heavy atom. The zero-order chi connectivity index (χ0) is 14.5. The van der Waals surface area contributed by atoms with E-state index in [1.54, 1.807) is 18.9 Å². The molecular formula is C16H18ClN3OS. The Bertz CT molecular complexity index is 629. The van der Waals surface area contributed by atoms with E-state index >= 15 is 0 Å². The van der Waals surface area contributed by atoms with Gasteiger partial charge in [0.25, 0.3) is 0 Å². The van der Waals surface area contributed by atoms with E-state index in [2.05, 4.69) is 52.0 Å². The second-order valence-corrected chi connectivity index (χ2v) is 5.73. The maximum absolute atomic E-state index is 5.16. The van der Waals surface area contributed by atoms with E-state index in [0.717, 1.165) is 30.5 Å². The van der Waals surface area contributed by atoms with Gasteiger partial charge in [0.2, 0.25) is 0 Å². The molecule has 0 atom stereocenters. The number of nitrogens with zero attached hydrogens (tertiary/aromatic N) is 1. The fourth-order valence-electron chi connectivity index (χ4n) is 2.00. The van der Waals surface area contributed by atoms with Crippen molar-refractivity contribution in [1.82, 2.24) is 5.32 Å². The van der Waals surface area contributed by atoms with E-state index in [4.69, 9.17) is 4.74 Å². The molecule has 6 heteroatoms. The maximum atomic E-state index is 5.16. The zero-order valence-corrected chi connectivity index (χ0v) is 13.8. The Kier molecular flexibility index (Phi) is 5.98. The Labute approximate surface area is 140 Å². The first-order valence-electron chi connectivity index (χ1n) is 6.81. The number of rotatable bonds is 4. The van der Waals surface area contributed by atoms with Gasteiger partial charge in [-0.3, -0.25) is 4.99 Å². The van der Waals surface area contributed by atoms with Crippen molar-refractivity contribution in [3.05, 3.63) is 48.5 Å². The molecule has 2 aromatic rings. The van der Waals surface area contributed by atoms with Gasteiger partial charge in [-0.15, -0.1) is 12.4 Å². The molecule has 2 aromatic carbocycles. The average Bonchev–Trinajstić information content (AvgIpc) is 3.03. The standard InChI is InChI=1S/C16H17N3OS.ClH/c1-20-13-4-8-15(9-5-13)21-14-6-2-12(3-7-14)19-16-17-10-11-18-16;/h2-9H,10-11H2,1H3,(H2,17,18,19);1H. The quantitative estimate of drug-likeness (QED) is 0.895. The molecule has 0 spiro atoms. The molecule has 3 rings (SSSR count). The number of hydrogen-bond acceptors (Lipinski definition) is 5. The fraction of sp³-hybridized carbons (Fsp3) is 0.188. The smallest absolute Gasteiger partial charge is 0.195 e. The third-order valence-corrected chi connectivity index (χ3v) is 4.10. The fourth-order valence-corrected chi connectivity index (χ4v) is 2.82. The lowest BCUT2D eigenvalue weighted by molar-refractivity contribution is 0.414. The van der Waals surface area contributed by atoms with Gasteiger partial charge in [-0.05, 0) is 48.5 Å². The van der Waals surface area contributed by atoms with Gasteiger partial charge in [0.15, 0.2) is 5.96 Å². The highest BCUT2D eigenvalue weighted by Gasteiger charge is 2.05. The molecule has 0 saturated carbocycles. The normalized spacial score (nSPS) is 12.9. The summed E-state index contributed by atoms with van der Waals surface area (Å²) in [6.45, 7) is 1.75. The summed E-state index contributed by atoms with van der Waals surface area (Å²) in [6, 6.07) is 16.4. The van der Waals surface area contributed by atoms with Crippen LogP contribution in [0.2, 0.25) is 0 Å². The van der Waals surface area contributed by atoms with Crippen LogP contribution in [0.5, 0.6) is 5.75 Å². The zero-order valence-electron chi connectivity index (χ0n) is 12.2. The van der Waals surface area contributed by atoms with E-state index in [-0.39, 0.29) is 12.4 Å². The van der Waals surface area contributed by atoms with Gasteiger partial charge in [-0.2, -0.15) is 0 Å². The Balaban J connectivity index is 0.00000176. The summed E-state index contributed by atoms with van der Waals surface area (Å²) >= 11 is 1.73. The lowest BCUT2D eigenvalue weighted by atomic mass is 10.3. The largest absolute Gasteiger partial charge is 0.497 e. The number of aliphatic imine (C=N–C) groups is 1. The monoisotopic (exact) mass is 335 g/mol. The highest BCUT2D eigenvalue weighted by molar-refractivity contribution is 7.99. The van der Waals surface area contributed by atoms with Gasteiger partial charge in [0, 0.05) is 22.0 Å². The number of halogens is 1. The number of guanidine groups is 1. The Morgan fingerprint density at radius 1 is 1.05 bits per heavy atom. The first kappa shape index (κ1) is 16.5. The van der Waals surface area contributed by atoms with Crippen LogP contribution in [-0.4, -0.2) is 26.2 Å². The Hall–Kier alpha value is -1.85. The van der Waals surface area contributed by atoms with Crippen molar-refractivity contribution in [3.63, 3.8) is 0 Å². The van der Waals surface area contributed by atoms with Crippen LogP contribution in [0.3, 0.4) is 0 Å². The first-order valence-corrected chi connectivity index (χ1v) is 7.62. The number of benzene rings is 2. The second kappa shape index (κ2) is 7.96. The van der Waals surface area contributed by atoms with Crippen LogP contribution in [0.1, 0.15) is 0 Å². The van der Waals surface area contributed by atoms with E-state index < -0.39 is 0 Å². The number of hydrogen-bond donors (Lipinski definition) is 2. The molecule has 0 unspecified atom stereocenters. The molecule has 1 heterocycles. The van der Waals surface area contributed by atoms with Gasteiger partial charge in [0.05, 0.1) is 13.7 Å². The highest BCUT2D eigenvalue weighted by Crippen LogP contribution is 2.29. The third-order valence-electron chi connectivity index (χ3n) is 3.09. The molecule has 0 radical (unpaired) electrons. The minimum Gasteiger partial charge on any atom is -0.497 e. The van der Waals surface area contributed by atoms with E-state index in [0.29, 0.717) is 0 Å². The van der Waals surface area contributed by atoms with Crippen molar-refractivity contribution in [2.45, 2.75) is 9.79 Å². The number of methoxy groups -OCH3 is 1. The lowest BCUT2D eigenvalue weighted by Gasteiger charge is -2.08. The third kappa shape index (κ3) is 4.32. The van der Waals surface area contributed by atoms with Crippen molar-refractivity contribution >= 4 is 35.8 Å². The predicted molar refractivity (Wildman–Crippen MR) is 94.7 cm³/mol. The summed E-state index contributed by atoms with van der Waals surface area (Å²) in [5, 5.41) is 6.45. The SMILES string of the molecule is COc1ccc(Sc2ccc(NC3=NCCN3)cc2)cc1.Cl. The topological polar surface area (TPSA) is 45.6 Å². The van der Waals surface area contributed by atoms with Crippen LogP contribution in [0.15, 0.2) is 63.3 Å². The van der Waals surface area contributed by atoms with Crippen LogP contribution in [0.25, 0.3) is 0 Å². The highest BCUT2D eigenvalue weighted by atomic mass is 35.5.